The summed E-state index contributed by atoms with van der Waals surface area (Å²) in [5, 5.41) is 4.04. The zero-order chi connectivity index (χ0) is 22.7. The van der Waals surface area contributed by atoms with Crippen LogP contribution in [0.4, 0.5) is 0 Å². The molecule has 0 spiro atoms. The van der Waals surface area contributed by atoms with Gasteiger partial charge < -0.3 is 14.2 Å². The van der Waals surface area contributed by atoms with Crippen LogP contribution in [0.5, 0.6) is 5.75 Å². The molecule has 1 aliphatic heterocycles. The van der Waals surface area contributed by atoms with Crippen LogP contribution in [0.15, 0.2) is 57.9 Å². The molecule has 4 rings (SSSR count). The second-order valence-corrected chi connectivity index (χ2v) is 9.48. The molecule has 0 radical (unpaired) electrons. The predicted octanol–water partition coefficient (Wildman–Crippen LogP) is 2.61. The molecule has 1 fully saturated rings. The van der Waals surface area contributed by atoms with Crippen LogP contribution in [0, 0.1) is 6.92 Å². The molecule has 1 amide bonds. The van der Waals surface area contributed by atoms with Gasteiger partial charge in [0.1, 0.15) is 10.6 Å². The molecule has 9 nitrogen and oxygen atoms in total. The Morgan fingerprint density at radius 2 is 1.78 bits per heavy atom. The number of ether oxygens (including phenoxy) is 1. The molecule has 2 heterocycles. The zero-order valence-electron chi connectivity index (χ0n) is 17.3. The first-order valence-electron chi connectivity index (χ1n) is 9.90. The van der Waals surface area contributed by atoms with E-state index in [0.29, 0.717) is 17.5 Å². The maximum absolute atomic E-state index is 12.8. The number of carbonyl (C=O) groups is 1. The third-order valence-electron chi connectivity index (χ3n) is 5.05. The molecule has 3 aromatic rings. The maximum atomic E-state index is 12.8. The van der Waals surface area contributed by atoms with E-state index in [1.807, 2.05) is 0 Å². The van der Waals surface area contributed by atoms with Crippen LogP contribution in [0.3, 0.4) is 0 Å². The Labute approximate surface area is 190 Å². The summed E-state index contributed by atoms with van der Waals surface area (Å²) in [6, 6.07) is 13.3. The minimum atomic E-state index is -3.71. The lowest BCUT2D eigenvalue weighted by atomic mass is 10.2. The first kappa shape index (κ1) is 22.3. The summed E-state index contributed by atoms with van der Waals surface area (Å²) in [4.78, 5) is 18.3. The number of nitrogens with zero attached hydrogens (tertiary/aromatic N) is 4. The molecule has 0 aliphatic carbocycles. The summed E-state index contributed by atoms with van der Waals surface area (Å²) in [6.07, 6.45) is 0. The van der Waals surface area contributed by atoms with Crippen molar-refractivity contribution >= 4 is 27.5 Å². The Hall–Kier alpha value is -2.95. The Balaban J connectivity index is 1.30. The van der Waals surface area contributed by atoms with Gasteiger partial charge >= 0.3 is 0 Å². The van der Waals surface area contributed by atoms with Gasteiger partial charge in [-0.05, 0) is 36.4 Å². The molecule has 168 valence electrons. The van der Waals surface area contributed by atoms with Gasteiger partial charge in [-0.2, -0.15) is 9.29 Å². The maximum Gasteiger partial charge on any atom is 0.260 e. The Kier molecular flexibility index (Phi) is 6.45. The monoisotopic (exact) mass is 476 g/mol. The van der Waals surface area contributed by atoms with E-state index < -0.39 is 10.0 Å². The number of benzene rings is 2. The first-order chi connectivity index (χ1) is 15.3. The topological polar surface area (TPSA) is 106 Å². The molecular formula is C21H21ClN4O5S. The quantitative estimate of drug-likeness (QED) is 0.538. The second kappa shape index (κ2) is 9.27. The van der Waals surface area contributed by atoms with Gasteiger partial charge in [-0.3, -0.25) is 4.79 Å². The van der Waals surface area contributed by atoms with Crippen molar-refractivity contribution < 1.29 is 22.5 Å². The van der Waals surface area contributed by atoms with Crippen LogP contribution in [-0.2, 0) is 14.8 Å². The minimum absolute atomic E-state index is 0.0733. The number of hydrogen-bond donors (Lipinski definition) is 0. The first-order valence-corrected chi connectivity index (χ1v) is 11.7. The van der Waals surface area contributed by atoms with Gasteiger partial charge in [0.05, 0.1) is 5.02 Å². The minimum Gasteiger partial charge on any atom is -0.484 e. The summed E-state index contributed by atoms with van der Waals surface area (Å²) in [6.45, 7) is 2.52. The summed E-state index contributed by atoms with van der Waals surface area (Å²) < 4.78 is 37.6. The van der Waals surface area contributed by atoms with E-state index in [1.54, 1.807) is 54.3 Å². The van der Waals surface area contributed by atoms with Gasteiger partial charge in [-0.25, -0.2) is 8.42 Å². The number of halogens is 1. The molecule has 32 heavy (non-hydrogen) atoms. The van der Waals surface area contributed by atoms with Crippen molar-refractivity contribution in [2.45, 2.75) is 11.8 Å². The number of amides is 1. The fourth-order valence-electron chi connectivity index (χ4n) is 3.32. The van der Waals surface area contributed by atoms with Gasteiger partial charge in [0.25, 0.3) is 5.91 Å². The molecule has 11 heteroatoms. The molecular weight excluding hydrogens is 456 g/mol. The molecule has 1 aliphatic rings. The standard InChI is InChI=1S/C21H21ClN4O5S/c1-15-23-21(24-31-15)16-6-8-17(9-7-16)30-14-20(27)25-10-12-26(13-11-25)32(28,29)19-5-3-2-4-18(19)22/h2-9H,10-14H2,1H3. The normalized spacial score (nSPS) is 15.0. The molecule has 0 atom stereocenters. The lowest BCUT2D eigenvalue weighted by molar-refractivity contribution is -0.134. The number of hydrogen-bond acceptors (Lipinski definition) is 7. The van der Waals surface area contributed by atoms with Crippen LogP contribution in [0.2, 0.25) is 5.02 Å². The lowest BCUT2D eigenvalue weighted by Crippen LogP contribution is -2.51. The van der Waals surface area contributed by atoms with Crippen LogP contribution in [-0.4, -0.2) is 66.5 Å². The average molecular weight is 477 g/mol. The third kappa shape index (κ3) is 4.77. The van der Waals surface area contributed by atoms with E-state index in [0.717, 1.165) is 5.56 Å². The fraction of sp³-hybridized carbons (Fsp3) is 0.286. The van der Waals surface area contributed by atoms with E-state index in [1.165, 1.54) is 10.4 Å². The third-order valence-corrected chi connectivity index (χ3v) is 7.45. The lowest BCUT2D eigenvalue weighted by Gasteiger charge is -2.34. The fourth-order valence-corrected chi connectivity index (χ4v) is 5.24. The van der Waals surface area contributed by atoms with Gasteiger partial charge in [0.15, 0.2) is 6.61 Å². The highest BCUT2D eigenvalue weighted by Crippen LogP contribution is 2.25. The van der Waals surface area contributed by atoms with E-state index in [4.69, 9.17) is 20.9 Å². The summed E-state index contributed by atoms with van der Waals surface area (Å²) in [5.41, 5.74) is 0.774. The molecule has 1 saturated heterocycles. The van der Waals surface area contributed by atoms with Crippen molar-refractivity contribution in [3.05, 3.63) is 59.4 Å². The van der Waals surface area contributed by atoms with Gasteiger partial charge in [-0.1, -0.05) is 28.9 Å². The molecule has 2 aromatic carbocycles. The van der Waals surface area contributed by atoms with Crippen LogP contribution < -0.4 is 4.74 Å². The van der Waals surface area contributed by atoms with E-state index in [9.17, 15) is 13.2 Å². The highest BCUT2D eigenvalue weighted by atomic mass is 35.5. The van der Waals surface area contributed by atoms with Crippen molar-refractivity contribution in [2.75, 3.05) is 32.8 Å². The van der Waals surface area contributed by atoms with Crippen molar-refractivity contribution in [3.63, 3.8) is 0 Å². The summed E-state index contributed by atoms with van der Waals surface area (Å²) in [5.74, 6) is 1.28. The summed E-state index contributed by atoms with van der Waals surface area (Å²) in [7, 11) is -3.71. The van der Waals surface area contributed by atoms with E-state index >= 15 is 0 Å². The molecule has 0 N–H and O–H groups in total. The second-order valence-electron chi connectivity index (χ2n) is 7.17. The molecule has 0 bridgehead atoms. The predicted molar refractivity (Wildman–Crippen MR) is 117 cm³/mol. The highest BCUT2D eigenvalue weighted by Gasteiger charge is 2.31. The van der Waals surface area contributed by atoms with Crippen LogP contribution >= 0.6 is 11.6 Å². The number of sulfonamides is 1. The Morgan fingerprint density at radius 3 is 2.41 bits per heavy atom. The van der Waals surface area contributed by atoms with Crippen molar-refractivity contribution in [1.82, 2.24) is 19.3 Å². The smallest absolute Gasteiger partial charge is 0.260 e. The highest BCUT2D eigenvalue weighted by molar-refractivity contribution is 7.89. The van der Waals surface area contributed by atoms with Crippen LogP contribution in [0.1, 0.15) is 5.89 Å². The SMILES string of the molecule is Cc1nc(-c2ccc(OCC(=O)N3CCN(S(=O)(=O)c4ccccc4Cl)CC3)cc2)no1. The van der Waals surface area contributed by atoms with Gasteiger partial charge in [0, 0.05) is 38.7 Å². The molecule has 0 unspecified atom stereocenters. The summed E-state index contributed by atoms with van der Waals surface area (Å²) >= 11 is 6.05. The average Bonchev–Trinajstić information content (AvgIpc) is 3.24. The van der Waals surface area contributed by atoms with Gasteiger partial charge in [-0.15, -0.1) is 0 Å². The van der Waals surface area contributed by atoms with Crippen molar-refractivity contribution in [2.24, 2.45) is 0 Å². The number of carbonyl (C=O) groups excluding carboxylic acids is 1. The Morgan fingerprint density at radius 1 is 1.09 bits per heavy atom. The Bertz CT molecular complexity index is 1200. The van der Waals surface area contributed by atoms with Crippen molar-refractivity contribution in [1.29, 1.82) is 0 Å². The van der Waals surface area contributed by atoms with E-state index in [2.05, 4.69) is 10.1 Å². The number of aromatic nitrogens is 2. The van der Waals surface area contributed by atoms with E-state index in [-0.39, 0.29) is 48.6 Å². The molecule has 1 aromatic heterocycles. The van der Waals surface area contributed by atoms with Gasteiger partial charge in [0.2, 0.25) is 21.7 Å². The molecule has 0 saturated carbocycles. The van der Waals surface area contributed by atoms with Crippen molar-refractivity contribution in [3.8, 4) is 17.1 Å². The number of rotatable bonds is 6. The number of piperazine rings is 1. The van der Waals surface area contributed by atoms with Crippen LogP contribution in [0.25, 0.3) is 11.4 Å². The number of aryl methyl sites for hydroxylation is 1. The largest absolute Gasteiger partial charge is 0.484 e. The zero-order valence-corrected chi connectivity index (χ0v) is 18.8.